The molecule has 0 saturated carbocycles. The van der Waals surface area contributed by atoms with Crippen LogP contribution in [0.3, 0.4) is 0 Å². The Hall–Kier alpha value is -1.88. The second-order valence-corrected chi connectivity index (χ2v) is 5.16. The summed E-state index contributed by atoms with van der Waals surface area (Å²) < 4.78 is 19.4. The maximum Gasteiger partial charge on any atom is 0.244 e. The van der Waals surface area contributed by atoms with E-state index in [0.717, 1.165) is 4.47 Å². The molecule has 5 heteroatoms. The number of halogens is 2. The zero-order chi connectivity index (χ0) is 14.5. The van der Waals surface area contributed by atoms with Gasteiger partial charge in [0, 0.05) is 16.1 Å². The molecule has 20 heavy (non-hydrogen) atoms. The molecule has 0 bridgehead atoms. The SMILES string of the molecule is C[C@@H](NC(=O)/C=C/c1cc(Br)ccc1F)c1ccco1. The smallest absolute Gasteiger partial charge is 0.244 e. The fourth-order valence-corrected chi connectivity index (χ4v) is 2.06. The van der Waals surface area contributed by atoms with Crippen LogP contribution in [0.15, 0.2) is 51.6 Å². The van der Waals surface area contributed by atoms with Gasteiger partial charge in [0.15, 0.2) is 0 Å². The molecule has 104 valence electrons. The Bertz CT molecular complexity index is 623. The number of rotatable bonds is 4. The lowest BCUT2D eigenvalue weighted by atomic mass is 10.2. The van der Waals surface area contributed by atoms with E-state index in [1.807, 2.05) is 6.92 Å². The van der Waals surface area contributed by atoms with Gasteiger partial charge in [-0.1, -0.05) is 15.9 Å². The van der Waals surface area contributed by atoms with E-state index < -0.39 is 0 Å². The lowest BCUT2D eigenvalue weighted by Gasteiger charge is -2.09. The van der Waals surface area contributed by atoms with Gasteiger partial charge < -0.3 is 9.73 Å². The van der Waals surface area contributed by atoms with Crippen molar-refractivity contribution in [2.45, 2.75) is 13.0 Å². The van der Waals surface area contributed by atoms with Crippen molar-refractivity contribution in [1.82, 2.24) is 5.32 Å². The van der Waals surface area contributed by atoms with E-state index in [-0.39, 0.29) is 17.8 Å². The second-order valence-electron chi connectivity index (χ2n) is 4.24. The molecule has 0 aliphatic rings. The minimum atomic E-state index is -0.378. The lowest BCUT2D eigenvalue weighted by molar-refractivity contribution is -0.117. The molecule has 1 aromatic heterocycles. The van der Waals surface area contributed by atoms with Gasteiger partial charge in [-0.2, -0.15) is 0 Å². The summed E-state index contributed by atoms with van der Waals surface area (Å²) in [5.74, 6) is -0.0232. The van der Waals surface area contributed by atoms with Gasteiger partial charge in [0.2, 0.25) is 5.91 Å². The molecule has 0 fully saturated rings. The van der Waals surface area contributed by atoms with Crippen molar-refractivity contribution >= 4 is 27.9 Å². The molecule has 1 aromatic carbocycles. The van der Waals surface area contributed by atoms with Crippen LogP contribution >= 0.6 is 15.9 Å². The first-order valence-electron chi connectivity index (χ1n) is 6.03. The van der Waals surface area contributed by atoms with Gasteiger partial charge in [0.25, 0.3) is 0 Å². The lowest BCUT2D eigenvalue weighted by Crippen LogP contribution is -2.24. The first kappa shape index (κ1) is 14.5. The van der Waals surface area contributed by atoms with Crippen molar-refractivity contribution in [3.63, 3.8) is 0 Å². The summed E-state index contributed by atoms with van der Waals surface area (Å²) >= 11 is 3.26. The molecule has 1 atom stereocenters. The minimum Gasteiger partial charge on any atom is -0.467 e. The van der Waals surface area contributed by atoms with E-state index in [4.69, 9.17) is 4.42 Å². The number of carbonyl (C=O) groups excluding carboxylic acids is 1. The molecule has 1 N–H and O–H groups in total. The quantitative estimate of drug-likeness (QED) is 0.854. The highest BCUT2D eigenvalue weighted by Gasteiger charge is 2.09. The van der Waals surface area contributed by atoms with Crippen LogP contribution in [-0.2, 0) is 4.79 Å². The van der Waals surface area contributed by atoms with E-state index in [9.17, 15) is 9.18 Å². The fraction of sp³-hybridized carbons (Fsp3) is 0.133. The Morgan fingerprint density at radius 1 is 1.45 bits per heavy atom. The zero-order valence-electron chi connectivity index (χ0n) is 10.8. The Labute approximate surface area is 124 Å². The number of benzene rings is 1. The Morgan fingerprint density at radius 3 is 2.95 bits per heavy atom. The van der Waals surface area contributed by atoms with Gasteiger partial charge in [-0.15, -0.1) is 0 Å². The highest BCUT2D eigenvalue weighted by molar-refractivity contribution is 9.10. The van der Waals surface area contributed by atoms with Gasteiger partial charge in [-0.25, -0.2) is 4.39 Å². The predicted molar refractivity (Wildman–Crippen MR) is 78.4 cm³/mol. The summed E-state index contributed by atoms with van der Waals surface area (Å²) in [6, 6.07) is 7.84. The van der Waals surface area contributed by atoms with Crippen LogP contribution in [0.1, 0.15) is 24.3 Å². The van der Waals surface area contributed by atoms with E-state index in [2.05, 4.69) is 21.2 Å². The summed E-state index contributed by atoms with van der Waals surface area (Å²) in [5.41, 5.74) is 0.347. The van der Waals surface area contributed by atoms with Gasteiger partial charge >= 0.3 is 0 Å². The van der Waals surface area contributed by atoms with Crippen LogP contribution < -0.4 is 5.32 Å². The van der Waals surface area contributed by atoms with E-state index in [0.29, 0.717) is 11.3 Å². The summed E-state index contributed by atoms with van der Waals surface area (Å²) in [7, 11) is 0. The third-order valence-electron chi connectivity index (χ3n) is 2.70. The van der Waals surface area contributed by atoms with Crippen molar-refractivity contribution < 1.29 is 13.6 Å². The van der Waals surface area contributed by atoms with Crippen LogP contribution in [0.4, 0.5) is 4.39 Å². The van der Waals surface area contributed by atoms with Gasteiger partial charge in [-0.05, 0) is 43.3 Å². The molecular formula is C15H13BrFNO2. The van der Waals surface area contributed by atoms with Gasteiger partial charge in [-0.3, -0.25) is 4.79 Å². The molecule has 0 radical (unpaired) electrons. The largest absolute Gasteiger partial charge is 0.467 e. The number of hydrogen-bond acceptors (Lipinski definition) is 2. The summed E-state index contributed by atoms with van der Waals surface area (Å²) in [5, 5.41) is 2.73. The highest BCUT2D eigenvalue weighted by Crippen LogP contribution is 2.17. The predicted octanol–water partition coefficient (Wildman–Crippen LogP) is 4.07. The van der Waals surface area contributed by atoms with Crippen molar-refractivity contribution in [3.05, 3.63) is 64.3 Å². The Kier molecular flexibility index (Phi) is 4.74. The van der Waals surface area contributed by atoms with E-state index in [1.54, 1.807) is 30.5 Å². The van der Waals surface area contributed by atoms with Crippen LogP contribution in [-0.4, -0.2) is 5.91 Å². The molecule has 0 aliphatic carbocycles. The van der Waals surface area contributed by atoms with Crippen LogP contribution in [0.25, 0.3) is 6.08 Å². The zero-order valence-corrected chi connectivity index (χ0v) is 12.4. The van der Waals surface area contributed by atoms with Crippen LogP contribution in [0.2, 0.25) is 0 Å². The van der Waals surface area contributed by atoms with Crippen LogP contribution in [0.5, 0.6) is 0 Å². The molecule has 1 heterocycles. The monoisotopic (exact) mass is 337 g/mol. The Balaban J connectivity index is 2.00. The summed E-state index contributed by atoms with van der Waals surface area (Å²) in [4.78, 5) is 11.7. The fourth-order valence-electron chi connectivity index (χ4n) is 1.68. The number of furan rings is 1. The number of nitrogens with one attached hydrogen (secondary N) is 1. The molecule has 2 aromatic rings. The van der Waals surface area contributed by atoms with Crippen molar-refractivity contribution in [3.8, 4) is 0 Å². The number of amides is 1. The molecule has 0 unspecified atom stereocenters. The van der Waals surface area contributed by atoms with Gasteiger partial charge in [0.1, 0.15) is 11.6 Å². The second kappa shape index (κ2) is 6.52. The van der Waals surface area contributed by atoms with Crippen molar-refractivity contribution in [2.24, 2.45) is 0 Å². The molecule has 3 nitrogen and oxygen atoms in total. The maximum absolute atomic E-state index is 13.5. The van der Waals surface area contributed by atoms with Crippen LogP contribution in [0, 0.1) is 5.82 Å². The highest BCUT2D eigenvalue weighted by atomic mass is 79.9. The minimum absolute atomic E-state index is 0.241. The average molecular weight is 338 g/mol. The molecule has 0 spiro atoms. The average Bonchev–Trinajstić information content (AvgIpc) is 2.94. The summed E-state index contributed by atoms with van der Waals surface area (Å²) in [6.45, 7) is 1.81. The number of carbonyl (C=O) groups is 1. The third-order valence-corrected chi connectivity index (χ3v) is 3.19. The molecule has 2 rings (SSSR count). The van der Waals surface area contributed by atoms with E-state index >= 15 is 0 Å². The van der Waals surface area contributed by atoms with Gasteiger partial charge in [0.05, 0.1) is 12.3 Å². The first-order chi connectivity index (χ1) is 9.56. The normalized spacial score (nSPS) is 12.6. The maximum atomic E-state index is 13.5. The molecule has 0 aliphatic heterocycles. The Morgan fingerprint density at radius 2 is 2.25 bits per heavy atom. The molecule has 1 amide bonds. The summed E-state index contributed by atoms with van der Waals surface area (Å²) in [6.07, 6.45) is 4.28. The van der Waals surface area contributed by atoms with E-state index in [1.165, 1.54) is 18.2 Å². The molecule has 0 saturated heterocycles. The first-order valence-corrected chi connectivity index (χ1v) is 6.82. The van der Waals surface area contributed by atoms with Crippen molar-refractivity contribution in [1.29, 1.82) is 0 Å². The topological polar surface area (TPSA) is 42.2 Å². The third kappa shape index (κ3) is 3.81. The van der Waals surface area contributed by atoms with Crippen molar-refractivity contribution in [2.75, 3.05) is 0 Å². The standard InChI is InChI=1S/C15H13BrFNO2/c1-10(14-3-2-8-20-14)18-15(19)7-4-11-9-12(16)5-6-13(11)17/h2-10H,1H3,(H,18,19)/b7-4+/t10-/m1/s1. The molecular weight excluding hydrogens is 325 g/mol. The number of hydrogen-bond donors (Lipinski definition) is 1.